The summed E-state index contributed by atoms with van der Waals surface area (Å²) in [6.45, 7) is 5.26. The van der Waals surface area contributed by atoms with Crippen molar-refractivity contribution in [2.45, 2.75) is 39.2 Å². The van der Waals surface area contributed by atoms with Crippen molar-refractivity contribution in [2.75, 3.05) is 19.7 Å². The molecule has 1 fully saturated rings. The van der Waals surface area contributed by atoms with E-state index in [1.165, 1.54) is 25.0 Å². The van der Waals surface area contributed by atoms with E-state index in [4.69, 9.17) is 5.11 Å². The molecule has 3 heteroatoms. The van der Waals surface area contributed by atoms with E-state index >= 15 is 0 Å². The number of aliphatic hydroxyl groups is 1. The third-order valence-electron chi connectivity index (χ3n) is 3.68. The first-order chi connectivity index (χ1) is 10.2. The molecule has 1 aliphatic rings. The Kier molecular flexibility index (Phi) is 6.22. The Balaban J connectivity index is 2.10. The number of hydrogen-bond donors (Lipinski definition) is 1. The third-order valence-corrected chi connectivity index (χ3v) is 3.68. The van der Waals surface area contributed by atoms with Crippen LogP contribution < -0.4 is 0 Å². The molecule has 0 unspecified atom stereocenters. The first-order valence-corrected chi connectivity index (χ1v) is 7.83. The maximum Gasteiger partial charge on any atom is 0.124 e. The number of hydrogen-bond acceptors (Lipinski definition) is 2. The molecule has 21 heavy (non-hydrogen) atoms. The van der Waals surface area contributed by atoms with Gasteiger partial charge in [0, 0.05) is 25.1 Å². The Hall–Kier alpha value is -1.37. The summed E-state index contributed by atoms with van der Waals surface area (Å²) in [5.74, 6) is 6.48. The van der Waals surface area contributed by atoms with Crippen molar-refractivity contribution in [3.63, 3.8) is 0 Å². The first-order valence-electron chi connectivity index (χ1n) is 7.83. The molecule has 0 bridgehead atoms. The van der Waals surface area contributed by atoms with Crippen LogP contribution in [0.1, 0.15) is 43.7 Å². The van der Waals surface area contributed by atoms with E-state index < -0.39 is 0 Å². The molecule has 1 aromatic rings. The summed E-state index contributed by atoms with van der Waals surface area (Å²) in [5, 5.41) is 8.80. The molecule has 2 rings (SSSR count). The highest BCUT2D eigenvalue weighted by Gasteiger charge is 2.24. The second-order valence-electron chi connectivity index (χ2n) is 5.76. The summed E-state index contributed by atoms with van der Waals surface area (Å²) in [6, 6.07) is 4.85. The Morgan fingerprint density at radius 3 is 2.86 bits per heavy atom. The monoisotopic (exact) mass is 289 g/mol. The largest absolute Gasteiger partial charge is 0.395 e. The number of aliphatic hydroxyl groups excluding tert-OH is 1. The molecule has 0 aromatic heterocycles. The Morgan fingerprint density at radius 1 is 1.38 bits per heavy atom. The maximum atomic E-state index is 13.4. The molecule has 0 spiro atoms. The zero-order valence-corrected chi connectivity index (χ0v) is 12.7. The Morgan fingerprint density at radius 2 is 2.19 bits per heavy atom. The quantitative estimate of drug-likeness (QED) is 0.779. The molecule has 0 heterocycles. The van der Waals surface area contributed by atoms with Crippen molar-refractivity contribution in [3.8, 4) is 11.8 Å². The fraction of sp³-hybridized carbons (Fsp3) is 0.556. The van der Waals surface area contributed by atoms with Gasteiger partial charge in [-0.1, -0.05) is 24.8 Å². The average Bonchev–Trinajstić information content (AvgIpc) is 3.26. The van der Waals surface area contributed by atoms with Gasteiger partial charge in [-0.15, -0.1) is 0 Å². The topological polar surface area (TPSA) is 23.5 Å². The maximum absolute atomic E-state index is 13.4. The molecular weight excluding hydrogens is 265 g/mol. The van der Waals surface area contributed by atoms with E-state index in [-0.39, 0.29) is 12.4 Å². The van der Waals surface area contributed by atoms with Crippen molar-refractivity contribution >= 4 is 0 Å². The second kappa shape index (κ2) is 8.17. The van der Waals surface area contributed by atoms with Crippen molar-refractivity contribution < 1.29 is 9.50 Å². The number of rotatable bonds is 7. The van der Waals surface area contributed by atoms with Gasteiger partial charge in [-0.05, 0) is 49.4 Å². The van der Waals surface area contributed by atoms with E-state index in [9.17, 15) is 4.39 Å². The van der Waals surface area contributed by atoms with Crippen LogP contribution in [0.4, 0.5) is 4.39 Å². The lowest BCUT2D eigenvalue weighted by molar-refractivity contribution is 0.255. The molecule has 2 nitrogen and oxygen atoms in total. The predicted molar refractivity (Wildman–Crippen MR) is 83.3 cm³/mol. The van der Waals surface area contributed by atoms with Crippen LogP contribution in [0.15, 0.2) is 18.2 Å². The highest BCUT2D eigenvalue weighted by atomic mass is 19.1. The van der Waals surface area contributed by atoms with Crippen LogP contribution in [-0.2, 0) is 6.54 Å². The summed E-state index contributed by atoms with van der Waals surface area (Å²) in [7, 11) is 0. The lowest BCUT2D eigenvalue weighted by Gasteiger charge is -2.22. The average molecular weight is 289 g/mol. The molecule has 0 aliphatic heterocycles. The minimum atomic E-state index is -0.253. The normalized spacial score (nSPS) is 14.1. The van der Waals surface area contributed by atoms with Crippen LogP contribution in [-0.4, -0.2) is 29.7 Å². The SMILES string of the molecule is CCCN(Cc1ccc(F)cc1C#CCCO)CC1CC1. The Bertz CT molecular complexity index is 514. The van der Waals surface area contributed by atoms with Crippen molar-refractivity contribution in [3.05, 3.63) is 35.1 Å². The van der Waals surface area contributed by atoms with Crippen molar-refractivity contribution in [2.24, 2.45) is 5.92 Å². The minimum absolute atomic E-state index is 0.0429. The van der Waals surface area contributed by atoms with Gasteiger partial charge < -0.3 is 5.11 Å². The summed E-state index contributed by atoms with van der Waals surface area (Å²) < 4.78 is 13.4. The number of halogens is 1. The highest BCUT2D eigenvalue weighted by Crippen LogP contribution is 2.30. The van der Waals surface area contributed by atoms with E-state index in [1.807, 2.05) is 6.07 Å². The zero-order valence-electron chi connectivity index (χ0n) is 12.7. The lowest BCUT2D eigenvalue weighted by atomic mass is 10.1. The molecule has 0 atom stereocenters. The summed E-state index contributed by atoms with van der Waals surface area (Å²) in [4.78, 5) is 2.45. The Labute approximate surface area is 127 Å². The fourth-order valence-corrected chi connectivity index (χ4v) is 2.47. The van der Waals surface area contributed by atoms with Crippen LogP contribution in [0, 0.1) is 23.6 Å². The van der Waals surface area contributed by atoms with Gasteiger partial charge in [0.1, 0.15) is 5.82 Å². The van der Waals surface area contributed by atoms with Gasteiger partial charge in [-0.25, -0.2) is 4.39 Å². The molecule has 0 saturated heterocycles. The van der Waals surface area contributed by atoms with Crippen molar-refractivity contribution in [1.29, 1.82) is 0 Å². The fourth-order valence-electron chi connectivity index (χ4n) is 2.47. The molecule has 114 valence electrons. The van der Waals surface area contributed by atoms with Gasteiger partial charge in [0.25, 0.3) is 0 Å². The smallest absolute Gasteiger partial charge is 0.124 e. The van der Waals surface area contributed by atoms with Crippen molar-refractivity contribution in [1.82, 2.24) is 4.90 Å². The van der Waals surface area contributed by atoms with E-state index in [1.54, 1.807) is 0 Å². The number of nitrogens with zero attached hydrogens (tertiary/aromatic N) is 1. The van der Waals surface area contributed by atoms with Crippen LogP contribution in [0.2, 0.25) is 0 Å². The van der Waals surface area contributed by atoms with E-state index in [0.717, 1.165) is 43.1 Å². The minimum Gasteiger partial charge on any atom is -0.395 e. The van der Waals surface area contributed by atoms with Gasteiger partial charge >= 0.3 is 0 Å². The van der Waals surface area contributed by atoms with E-state index in [0.29, 0.717) is 6.42 Å². The van der Waals surface area contributed by atoms with Gasteiger partial charge in [0.2, 0.25) is 0 Å². The summed E-state index contributed by atoms with van der Waals surface area (Å²) >= 11 is 0. The third kappa shape index (κ3) is 5.49. The molecule has 0 amide bonds. The van der Waals surface area contributed by atoms with Gasteiger partial charge in [-0.3, -0.25) is 4.90 Å². The van der Waals surface area contributed by atoms with Gasteiger partial charge in [0.15, 0.2) is 0 Å². The zero-order chi connectivity index (χ0) is 15.1. The molecule has 0 radical (unpaired) electrons. The van der Waals surface area contributed by atoms with Crippen LogP contribution in [0.3, 0.4) is 0 Å². The molecular formula is C18H24FNO. The molecule has 1 N–H and O–H groups in total. The van der Waals surface area contributed by atoms with E-state index in [2.05, 4.69) is 23.7 Å². The highest BCUT2D eigenvalue weighted by molar-refractivity contribution is 5.41. The van der Waals surface area contributed by atoms with Crippen LogP contribution in [0.25, 0.3) is 0 Å². The first kappa shape index (κ1) is 16.0. The summed E-state index contributed by atoms with van der Waals surface area (Å²) in [6.07, 6.45) is 4.23. The lowest BCUT2D eigenvalue weighted by Crippen LogP contribution is -2.26. The molecule has 1 aromatic carbocycles. The standard InChI is InChI=1S/C18H24FNO/c1-2-10-20(13-15-6-7-15)14-17-8-9-18(19)12-16(17)5-3-4-11-21/h8-9,12,15,21H,2,4,6-7,10-11,13-14H2,1H3. The second-order valence-corrected chi connectivity index (χ2v) is 5.76. The number of benzene rings is 1. The van der Waals surface area contributed by atoms with Gasteiger partial charge in [0.05, 0.1) is 6.61 Å². The molecule has 1 aliphatic carbocycles. The van der Waals surface area contributed by atoms with Crippen LogP contribution >= 0.6 is 0 Å². The van der Waals surface area contributed by atoms with Crippen LogP contribution in [0.5, 0.6) is 0 Å². The predicted octanol–water partition coefficient (Wildman–Crippen LogP) is 3.18. The van der Waals surface area contributed by atoms with Gasteiger partial charge in [-0.2, -0.15) is 0 Å². The molecule has 1 saturated carbocycles. The summed E-state index contributed by atoms with van der Waals surface area (Å²) in [5.41, 5.74) is 1.83.